The van der Waals surface area contributed by atoms with E-state index in [-0.39, 0.29) is 5.75 Å². The van der Waals surface area contributed by atoms with Gasteiger partial charge in [-0.2, -0.15) is 5.26 Å². The van der Waals surface area contributed by atoms with E-state index in [1.807, 2.05) is 49.4 Å². The molecule has 0 spiro atoms. The summed E-state index contributed by atoms with van der Waals surface area (Å²) in [7, 11) is 0. The number of aryl methyl sites for hydroxylation is 1. The van der Waals surface area contributed by atoms with Crippen LogP contribution in [-0.2, 0) is 13.0 Å². The molecular weight excluding hydrogens is 260 g/mol. The van der Waals surface area contributed by atoms with Crippen molar-refractivity contribution in [3.05, 3.63) is 65.7 Å². The summed E-state index contributed by atoms with van der Waals surface area (Å²) in [5, 5.41) is 22.0. The van der Waals surface area contributed by atoms with Crippen molar-refractivity contribution in [1.82, 2.24) is 5.32 Å². The first kappa shape index (κ1) is 15.1. The Morgan fingerprint density at radius 1 is 1.05 bits per heavy atom. The zero-order valence-electron chi connectivity index (χ0n) is 12.2. The Kier molecular flexibility index (Phi) is 4.97. The van der Waals surface area contributed by atoms with Crippen LogP contribution in [0.15, 0.2) is 54.6 Å². The predicted octanol–water partition coefficient (Wildman–Crippen LogP) is 3.40. The van der Waals surface area contributed by atoms with E-state index < -0.39 is 5.54 Å². The molecule has 2 aromatic carbocycles. The van der Waals surface area contributed by atoms with Gasteiger partial charge < -0.3 is 5.11 Å². The molecule has 0 aliphatic heterocycles. The zero-order valence-corrected chi connectivity index (χ0v) is 12.2. The summed E-state index contributed by atoms with van der Waals surface area (Å²) in [5.74, 6) is 0.268. The summed E-state index contributed by atoms with van der Waals surface area (Å²) >= 11 is 0. The first-order valence-electron chi connectivity index (χ1n) is 7.09. The fourth-order valence-corrected chi connectivity index (χ4v) is 2.13. The number of hydrogen-bond acceptors (Lipinski definition) is 3. The third-order valence-corrected chi connectivity index (χ3v) is 3.62. The Labute approximate surface area is 125 Å². The second-order valence-electron chi connectivity index (χ2n) is 5.45. The number of hydrogen-bond donors (Lipinski definition) is 2. The van der Waals surface area contributed by atoms with Gasteiger partial charge in [0.2, 0.25) is 0 Å². The van der Waals surface area contributed by atoms with E-state index >= 15 is 0 Å². The Morgan fingerprint density at radius 2 is 1.71 bits per heavy atom. The van der Waals surface area contributed by atoms with E-state index in [0.29, 0.717) is 6.54 Å². The van der Waals surface area contributed by atoms with Gasteiger partial charge >= 0.3 is 0 Å². The quantitative estimate of drug-likeness (QED) is 0.852. The van der Waals surface area contributed by atoms with Crippen LogP contribution in [0.2, 0.25) is 0 Å². The molecule has 0 heterocycles. The molecule has 3 nitrogen and oxygen atoms in total. The highest BCUT2D eigenvalue weighted by Crippen LogP contribution is 2.17. The van der Waals surface area contributed by atoms with Gasteiger partial charge in [-0.3, -0.25) is 5.32 Å². The van der Waals surface area contributed by atoms with Crippen molar-refractivity contribution in [3.63, 3.8) is 0 Å². The minimum absolute atomic E-state index is 0.268. The van der Waals surface area contributed by atoms with Gasteiger partial charge in [0.15, 0.2) is 0 Å². The lowest BCUT2D eigenvalue weighted by Gasteiger charge is -2.23. The van der Waals surface area contributed by atoms with Crippen molar-refractivity contribution < 1.29 is 5.11 Å². The number of rotatable bonds is 6. The van der Waals surface area contributed by atoms with Crippen molar-refractivity contribution in [1.29, 1.82) is 5.26 Å². The first-order valence-corrected chi connectivity index (χ1v) is 7.09. The smallest absolute Gasteiger partial charge is 0.115 e. The standard InChI is InChI=1S/C18H20N2O/c1-18(14-19,20-13-16-5-3-2-4-6-16)12-11-15-7-9-17(21)10-8-15/h2-10,20-21H,11-13H2,1H3. The summed E-state index contributed by atoms with van der Waals surface area (Å²) < 4.78 is 0. The minimum atomic E-state index is -0.562. The van der Waals surface area contributed by atoms with Crippen LogP contribution in [0.3, 0.4) is 0 Å². The van der Waals surface area contributed by atoms with Crippen molar-refractivity contribution in [2.75, 3.05) is 0 Å². The van der Waals surface area contributed by atoms with Crippen LogP contribution in [0.4, 0.5) is 0 Å². The van der Waals surface area contributed by atoms with E-state index in [0.717, 1.165) is 18.4 Å². The van der Waals surface area contributed by atoms with Crippen LogP contribution in [0, 0.1) is 11.3 Å². The maximum absolute atomic E-state index is 9.43. The number of benzene rings is 2. The summed E-state index contributed by atoms with van der Waals surface area (Å²) in [6.07, 6.45) is 1.52. The largest absolute Gasteiger partial charge is 0.508 e. The fraction of sp³-hybridized carbons (Fsp3) is 0.278. The van der Waals surface area contributed by atoms with Gasteiger partial charge in [0.1, 0.15) is 11.3 Å². The third-order valence-electron chi connectivity index (χ3n) is 3.62. The fourth-order valence-electron chi connectivity index (χ4n) is 2.13. The zero-order chi connectivity index (χ0) is 15.1. The van der Waals surface area contributed by atoms with Crippen LogP contribution in [0.5, 0.6) is 5.75 Å². The summed E-state index contributed by atoms with van der Waals surface area (Å²) in [6, 6.07) is 19.6. The average Bonchev–Trinajstić information content (AvgIpc) is 2.53. The maximum Gasteiger partial charge on any atom is 0.115 e. The number of nitrogens with one attached hydrogen (secondary N) is 1. The molecule has 0 aliphatic rings. The number of phenols is 1. The highest BCUT2D eigenvalue weighted by Gasteiger charge is 2.22. The highest BCUT2D eigenvalue weighted by atomic mass is 16.3. The van der Waals surface area contributed by atoms with Gasteiger partial charge in [0.25, 0.3) is 0 Å². The van der Waals surface area contributed by atoms with Gasteiger partial charge in [0, 0.05) is 6.54 Å². The molecule has 21 heavy (non-hydrogen) atoms. The molecular formula is C18H20N2O. The van der Waals surface area contributed by atoms with E-state index in [2.05, 4.69) is 11.4 Å². The molecule has 0 saturated heterocycles. The molecule has 2 aromatic rings. The van der Waals surface area contributed by atoms with Crippen LogP contribution >= 0.6 is 0 Å². The molecule has 0 fully saturated rings. The lowest BCUT2D eigenvalue weighted by Crippen LogP contribution is -2.40. The molecule has 0 radical (unpaired) electrons. The normalized spacial score (nSPS) is 13.3. The molecule has 0 aliphatic carbocycles. The highest BCUT2D eigenvalue weighted by molar-refractivity contribution is 5.26. The lowest BCUT2D eigenvalue weighted by atomic mass is 9.94. The van der Waals surface area contributed by atoms with Crippen molar-refractivity contribution in [3.8, 4) is 11.8 Å². The van der Waals surface area contributed by atoms with Crippen molar-refractivity contribution in [2.45, 2.75) is 31.8 Å². The molecule has 0 amide bonds. The molecule has 1 atom stereocenters. The number of nitriles is 1. The molecule has 0 saturated carbocycles. The molecule has 3 heteroatoms. The Morgan fingerprint density at radius 3 is 2.33 bits per heavy atom. The van der Waals surface area contributed by atoms with E-state index in [4.69, 9.17) is 0 Å². The summed E-state index contributed by atoms with van der Waals surface area (Å²) in [5.41, 5.74) is 1.73. The van der Waals surface area contributed by atoms with Crippen LogP contribution in [0.1, 0.15) is 24.5 Å². The van der Waals surface area contributed by atoms with Gasteiger partial charge in [-0.1, -0.05) is 42.5 Å². The SMILES string of the molecule is CC(C#N)(CCc1ccc(O)cc1)NCc1ccccc1. The van der Waals surface area contributed by atoms with Crippen LogP contribution < -0.4 is 5.32 Å². The lowest BCUT2D eigenvalue weighted by molar-refractivity contribution is 0.416. The Balaban J connectivity index is 1.91. The second-order valence-corrected chi connectivity index (χ2v) is 5.45. The molecule has 0 bridgehead atoms. The van der Waals surface area contributed by atoms with Gasteiger partial charge in [-0.25, -0.2) is 0 Å². The van der Waals surface area contributed by atoms with E-state index in [9.17, 15) is 10.4 Å². The molecule has 1 unspecified atom stereocenters. The summed E-state index contributed by atoms with van der Waals surface area (Å²) in [4.78, 5) is 0. The monoisotopic (exact) mass is 280 g/mol. The van der Waals surface area contributed by atoms with Gasteiger partial charge in [-0.05, 0) is 43.0 Å². The van der Waals surface area contributed by atoms with E-state index in [1.165, 1.54) is 5.56 Å². The van der Waals surface area contributed by atoms with Crippen LogP contribution in [0.25, 0.3) is 0 Å². The minimum Gasteiger partial charge on any atom is -0.508 e. The molecule has 2 N–H and O–H groups in total. The number of nitrogens with zero attached hydrogens (tertiary/aromatic N) is 1. The Hall–Kier alpha value is -2.31. The first-order chi connectivity index (χ1) is 10.1. The number of aromatic hydroxyl groups is 1. The topological polar surface area (TPSA) is 56.0 Å². The average molecular weight is 280 g/mol. The molecule has 2 rings (SSSR count). The molecule has 108 valence electrons. The van der Waals surface area contributed by atoms with Crippen molar-refractivity contribution >= 4 is 0 Å². The van der Waals surface area contributed by atoms with Crippen LogP contribution in [-0.4, -0.2) is 10.6 Å². The predicted molar refractivity (Wildman–Crippen MR) is 83.7 cm³/mol. The van der Waals surface area contributed by atoms with Crippen molar-refractivity contribution in [2.24, 2.45) is 0 Å². The second kappa shape index (κ2) is 6.92. The Bertz CT molecular complexity index is 601. The summed E-state index contributed by atoms with van der Waals surface area (Å²) in [6.45, 7) is 2.61. The van der Waals surface area contributed by atoms with Gasteiger partial charge in [0.05, 0.1) is 6.07 Å². The van der Waals surface area contributed by atoms with Gasteiger partial charge in [-0.15, -0.1) is 0 Å². The third kappa shape index (κ3) is 4.62. The molecule has 0 aromatic heterocycles. The number of phenolic OH excluding ortho intramolecular Hbond substituents is 1. The maximum atomic E-state index is 9.43. The van der Waals surface area contributed by atoms with E-state index in [1.54, 1.807) is 12.1 Å².